The molecule has 1 saturated heterocycles. The van der Waals surface area contributed by atoms with Crippen molar-refractivity contribution in [2.24, 2.45) is 0 Å². The smallest absolute Gasteiger partial charge is 0.258 e. The number of hydrogen-bond donors (Lipinski definition) is 1. The highest BCUT2D eigenvalue weighted by molar-refractivity contribution is 6.00. The van der Waals surface area contributed by atoms with Crippen LogP contribution < -0.4 is 0 Å². The van der Waals surface area contributed by atoms with Gasteiger partial charge in [-0.25, -0.2) is 4.39 Å². The predicted molar refractivity (Wildman–Crippen MR) is 98.1 cm³/mol. The molecule has 132 valence electrons. The van der Waals surface area contributed by atoms with Gasteiger partial charge in [-0.15, -0.1) is 0 Å². The van der Waals surface area contributed by atoms with Crippen molar-refractivity contribution in [3.8, 4) is 11.3 Å². The number of nitrogens with one attached hydrogen (secondary N) is 1. The molecule has 26 heavy (non-hydrogen) atoms. The number of H-pyrrole nitrogens is 1. The van der Waals surface area contributed by atoms with Crippen LogP contribution in [0.25, 0.3) is 11.3 Å². The Kier molecular flexibility index (Phi) is 4.52. The molecule has 1 aliphatic rings. The molecule has 2 heterocycles. The van der Waals surface area contributed by atoms with Crippen molar-refractivity contribution in [1.82, 2.24) is 15.1 Å². The first kappa shape index (κ1) is 16.5. The predicted octanol–water partition coefficient (Wildman–Crippen LogP) is 4.58. The largest absolute Gasteiger partial charge is 0.331 e. The molecular formula is C21H20FN3O. The number of amides is 1. The Labute approximate surface area is 151 Å². The van der Waals surface area contributed by atoms with Crippen LogP contribution >= 0.6 is 0 Å². The van der Waals surface area contributed by atoms with Crippen LogP contribution in [-0.2, 0) is 0 Å². The van der Waals surface area contributed by atoms with Crippen LogP contribution in [0.5, 0.6) is 0 Å². The molecule has 0 spiro atoms. The number of benzene rings is 2. The third-order valence-corrected chi connectivity index (χ3v) is 4.93. The Morgan fingerprint density at radius 3 is 2.77 bits per heavy atom. The van der Waals surface area contributed by atoms with Crippen molar-refractivity contribution in [2.45, 2.75) is 25.3 Å². The maximum absolute atomic E-state index is 13.7. The van der Waals surface area contributed by atoms with Gasteiger partial charge in [0.1, 0.15) is 5.82 Å². The average Bonchev–Trinajstić information content (AvgIpc) is 3.18. The number of hydrogen-bond acceptors (Lipinski definition) is 2. The van der Waals surface area contributed by atoms with Gasteiger partial charge in [-0.3, -0.25) is 9.89 Å². The van der Waals surface area contributed by atoms with E-state index in [1.807, 2.05) is 41.3 Å². The summed E-state index contributed by atoms with van der Waals surface area (Å²) in [4.78, 5) is 15.2. The van der Waals surface area contributed by atoms with Gasteiger partial charge in [0, 0.05) is 12.1 Å². The molecule has 0 radical (unpaired) electrons. The van der Waals surface area contributed by atoms with Crippen molar-refractivity contribution in [2.75, 3.05) is 6.54 Å². The van der Waals surface area contributed by atoms with Crippen LogP contribution in [0.3, 0.4) is 0 Å². The van der Waals surface area contributed by atoms with Crippen LogP contribution in [0.4, 0.5) is 4.39 Å². The third-order valence-electron chi connectivity index (χ3n) is 4.93. The summed E-state index contributed by atoms with van der Waals surface area (Å²) in [5, 5.41) is 7.04. The van der Waals surface area contributed by atoms with Crippen molar-refractivity contribution in [1.29, 1.82) is 0 Å². The number of aromatic amines is 1. The van der Waals surface area contributed by atoms with E-state index in [2.05, 4.69) is 10.2 Å². The Morgan fingerprint density at radius 2 is 1.96 bits per heavy atom. The monoisotopic (exact) mass is 349 g/mol. The molecule has 4 nitrogen and oxygen atoms in total. The van der Waals surface area contributed by atoms with E-state index >= 15 is 0 Å². The number of halogens is 1. The van der Waals surface area contributed by atoms with E-state index < -0.39 is 0 Å². The van der Waals surface area contributed by atoms with Gasteiger partial charge in [0.2, 0.25) is 0 Å². The molecule has 1 fully saturated rings. The molecule has 1 atom stereocenters. The molecule has 0 aliphatic carbocycles. The van der Waals surface area contributed by atoms with Gasteiger partial charge in [-0.1, -0.05) is 42.5 Å². The fourth-order valence-corrected chi connectivity index (χ4v) is 3.66. The summed E-state index contributed by atoms with van der Waals surface area (Å²) in [5.41, 5.74) is 3.05. The SMILES string of the molecule is O=C(c1cn[nH]c1-c1ccccc1)N1CCCC[C@H]1c1cccc(F)c1. The fraction of sp³-hybridized carbons (Fsp3) is 0.238. The molecular weight excluding hydrogens is 329 g/mol. The molecule has 2 aromatic carbocycles. The molecule has 1 N–H and O–H groups in total. The standard InChI is InChI=1S/C21H20FN3O/c22-17-10-6-9-16(13-17)19-11-4-5-12-25(19)21(26)18-14-23-24-20(18)15-7-2-1-3-8-15/h1-3,6-10,13-14,19H,4-5,11-12H2,(H,23,24)/t19-/m0/s1. The van der Waals surface area contributed by atoms with Crippen molar-refractivity contribution in [3.05, 3.63) is 77.7 Å². The summed E-state index contributed by atoms with van der Waals surface area (Å²) < 4.78 is 13.7. The number of likely N-dealkylation sites (tertiary alicyclic amines) is 1. The molecule has 1 aromatic heterocycles. The van der Waals surface area contributed by atoms with E-state index in [4.69, 9.17) is 0 Å². The van der Waals surface area contributed by atoms with Crippen molar-refractivity contribution in [3.63, 3.8) is 0 Å². The molecule has 4 rings (SSSR count). The van der Waals surface area contributed by atoms with Crippen molar-refractivity contribution >= 4 is 5.91 Å². The number of carbonyl (C=O) groups excluding carboxylic acids is 1. The third kappa shape index (κ3) is 3.12. The summed E-state index contributed by atoms with van der Waals surface area (Å²) >= 11 is 0. The Balaban J connectivity index is 1.68. The summed E-state index contributed by atoms with van der Waals surface area (Å²) in [6, 6.07) is 16.2. The lowest BCUT2D eigenvalue weighted by Crippen LogP contribution is -2.38. The second-order valence-corrected chi connectivity index (χ2v) is 6.59. The second-order valence-electron chi connectivity index (χ2n) is 6.59. The fourth-order valence-electron chi connectivity index (χ4n) is 3.66. The van der Waals surface area contributed by atoms with Gasteiger partial charge in [-0.05, 0) is 37.0 Å². The van der Waals surface area contributed by atoms with Crippen LogP contribution in [0.1, 0.15) is 41.2 Å². The topological polar surface area (TPSA) is 49.0 Å². The van der Waals surface area contributed by atoms with Crippen LogP contribution in [-0.4, -0.2) is 27.5 Å². The van der Waals surface area contributed by atoms with Gasteiger partial charge in [0.25, 0.3) is 5.91 Å². The lowest BCUT2D eigenvalue weighted by molar-refractivity contribution is 0.0612. The molecule has 3 aromatic rings. The minimum Gasteiger partial charge on any atom is -0.331 e. The maximum Gasteiger partial charge on any atom is 0.258 e. The zero-order chi connectivity index (χ0) is 17.9. The normalized spacial score (nSPS) is 17.3. The Hall–Kier alpha value is -2.95. The zero-order valence-corrected chi connectivity index (χ0v) is 14.4. The highest BCUT2D eigenvalue weighted by atomic mass is 19.1. The molecule has 0 unspecified atom stereocenters. The minimum absolute atomic E-state index is 0.0634. The van der Waals surface area contributed by atoms with Gasteiger partial charge in [-0.2, -0.15) is 5.10 Å². The first-order valence-electron chi connectivity index (χ1n) is 8.89. The lowest BCUT2D eigenvalue weighted by atomic mass is 9.94. The zero-order valence-electron chi connectivity index (χ0n) is 14.4. The van der Waals surface area contributed by atoms with E-state index in [-0.39, 0.29) is 17.8 Å². The van der Waals surface area contributed by atoms with E-state index in [0.717, 1.165) is 36.1 Å². The highest BCUT2D eigenvalue weighted by Crippen LogP contribution is 2.33. The van der Waals surface area contributed by atoms with Crippen LogP contribution in [0, 0.1) is 5.82 Å². The number of piperidine rings is 1. The highest BCUT2D eigenvalue weighted by Gasteiger charge is 2.30. The number of rotatable bonds is 3. The van der Waals surface area contributed by atoms with Crippen molar-refractivity contribution < 1.29 is 9.18 Å². The maximum atomic E-state index is 13.7. The number of aromatic nitrogens is 2. The first-order chi connectivity index (χ1) is 12.7. The molecule has 0 bridgehead atoms. The van der Waals surface area contributed by atoms with Gasteiger partial charge in [0.05, 0.1) is 23.5 Å². The van der Waals surface area contributed by atoms with E-state index in [9.17, 15) is 9.18 Å². The summed E-state index contributed by atoms with van der Waals surface area (Å²) in [5.74, 6) is -0.333. The van der Waals surface area contributed by atoms with Gasteiger partial charge >= 0.3 is 0 Å². The lowest BCUT2D eigenvalue weighted by Gasteiger charge is -2.36. The number of carbonyl (C=O) groups is 1. The Bertz CT molecular complexity index is 906. The molecule has 5 heteroatoms. The quantitative estimate of drug-likeness (QED) is 0.752. The Morgan fingerprint density at radius 1 is 1.12 bits per heavy atom. The van der Waals surface area contributed by atoms with Crippen LogP contribution in [0.2, 0.25) is 0 Å². The minimum atomic E-state index is -0.270. The van der Waals surface area contributed by atoms with Gasteiger partial charge < -0.3 is 4.90 Å². The summed E-state index contributed by atoms with van der Waals surface area (Å²) in [6.45, 7) is 0.666. The second kappa shape index (κ2) is 7.12. The molecule has 0 saturated carbocycles. The van der Waals surface area contributed by atoms with Gasteiger partial charge in [0.15, 0.2) is 0 Å². The summed E-state index contributed by atoms with van der Waals surface area (Å²) in [7, 11) is 0. The number of nitrogens with zero attached hydrogens (tertiary/aromatic N) is 2. The van der Waals surface area contributed by atoms with E-state index in [0.29, 0.717) is 12.1 Å². The van der Waals surface area contributed by atoms with Crippen LogP contribution in [0.15, 0.2) is 60.8 Å². The van der Waals surface area contributed by atoms with E-state index in [1.54, 1.807) is 12.3 Å². The average molecular weight is 349 g/mol. The summed E-state index contributed by atoms with van der Waals surface area (Å²) in [6.07, 6.45) is 4.41. The first-order valence-corrected chi connectivity index (χ1v) is 8.89. The molecule has 1 amide bonds. The van der Waals surface area contributed by atoms with E-state index in [1.165, 1.54) is 12.1 Å². The molecule has 1 aliphatic heterocycles.